The van der Waals surface area contributed by atoms with Crippen molar-refractivity contribution in [3.8, 4) is 0 Å². The summed E-state index contributed by atoms with van der Waals surface area (Å²) >= 11 is 0.801. The second kappa shape index (κ2) is 6.29. The number of carbonyl (C=O) groups is 1. The molecule has 0 aliphatic heterocycles. The monoisotopic (exact) mass is 326 g/mol. The van der Waals surface area contributed by atoms with Crippen LogP contribution in [0.5, 0.6) is 0 Å². The summed E-state index contributed by atoms with van der Waals surface area (Å²) in [5, 5.41) is 9.76. The van der Waals surface area contributed by atoms with Crippen LogP contribution in [-0.2, 0) is 14.8 Å². The number of carbonyl (C=O) groups excluding carboxylic acids is 1. The quantitative estimate of drug-likeness (QED) is 0.812. The first-order valence-electron chi connectivity index (χ1n) is 6.07. The molecule has 0 bridgehead atoms. The van der Waals surface area contributed by atoms with Crippen molar-refractivity contribution in [3.63, 3.8) is 0 Å². The van der Waals surface area contributed by atoms with Gasteiger partial charge >= 0.3 is 0 Å². The summed E-state index contributed by atoms with van der Waals surface area (Å²) in [7, 11) is -3.78. The summed E-state index contributed by atoms with van der Waals surface area (Å²) in [6, 6.07) is 8.78. The van der Waals surface area contributed by atoms with E-state index in [1.165, 1.54) is 6.92 Å². The van der Waals surface area contributed by atoms with Crippen LogP contribution in [0, 0.1) is 0 Å². The lowest BCUT2D eigenvalue weighted by Crippen LogP contribution is -2.26. The molecule has 2 aromatic rings. The SMILES string of the molecule is CC(=O)Nc1nnc(S(=O)(=O)N[C@@H](C)c2ccccc2)s1. The summed E-state index contributed by atoms with van der Waals surface area (Å²) in [5.74, 6) is -0.333. The number of amides is 1. The van der Waals surface area contributed by atoms with Gasteiger partial charge in [-0.15, -0.1) is 10.2 Å². The Balaban J connectivity index is 2.15. The number of nitrogens with zero attached hydrogens (tertiary/aromatic N) is 2. The van der Waals surface area contributed by atoms with Gasteiger partial charge in [0.2, 0.25) is 15.4 Å². The third-order valence-electron chi connectivity index (χ3n) is 2.55. The average Bonchev–Trinajstić information content (AvgIpc) is 2.88. The number of aromatic nitrogens is 2. The minimum Gasteiger partial charge on any atom is -0.301 e. The summed E-state index contributed by atoms with van der Waals surface area (Å²) < 4.78 is 26.7. The lowest BCUT2D eigenvalue weighted by Gasteiger charge is -2.12. The molecule has 1 aromatic carbocycles. The molecule has 1 amide bonds. The molecular weight excluding hydrogens is 312 g/mol. The van der Waals surface area contributed by atoms with Crippen molar-refractivity contribution in [1.82, 2.24) is 14.9 Å². The van der Waals surface area contributed by atoms with Gasteiger partial charge in [0, 0.05) is 13.0 Å². The van der Waals surface area contributed by atoms with E-state index in [4.69, 9.17) is 0 Å². The van der Waals surface area contributed by atoms with Gasteiger partial charge in [0.1, 0.15) is 0 Å². The Hall–Kier alpha value is -1.84. The van der Waals surface area contributed by atoms with Gasteiger partial charge in [0.15, 0.2) is 0 Å². The molecule has 0 aliphatic carbocycles. The van der Waals surface area contributed by atoms with Crippen LogP contribution in [0.3, 0.4) is 0 Å². The number of benzene rings is 1. The highest BCUT2D eigenvalue weighted by atomic mass is 32.2. The van der Waals surface area contributed by atoms with Crippen LogP contribution in [0.2, 0.25) is 0 Å². The predicted octanol–water partition coefficient (Wildman–Crippen LogP) is 1.54. The maximum Gasteiger partial charge on any atom is 0.270 e. The van der Waals surface area contributed by atoms with E-state index < -0.39 is 16.1 Å². The fraction of sp³-hybridized carbons (Fsp3) is 0.250. The topological polar surface area (TPSA) is 101 Å². The van der Waals surface area contributed by atoms with Crippen molar-refractivity contribution in [2.75, 3.05) is 5.32 Å². The number of rotatable bonds is 5. The molecule has 0 saturated heterocycles. The van der Waals surface area contributed by atoms with Gasteiger partial charge in [-0.3, -0.25) is 4.79 Å². The van der Waals surface area contributed by atoms with Crippen LogP contribution < -0.4 is 10.0 Å². The van der Waals surface area contributed by atoms with Crippen LogP contribution in [0.25, 0.3) is 0 Å². The van der Waals surface area contributed by atoms with Crippen molar-refractivity contribution in [2.45, 2.75) is 24.2 Å². The minimum absolute atomic E-state index is 0.148. The van der Waals surface area contributed by atoms with Crippen molar-refractivity contribution in [2.24, 2.45) is 0 Å². The first-order chi connectivity index (χ1) is 9.88. The molecule has 0 radical (unpaired) electrons. The molecule has 0 aliphatic rings. The van der Waals surface area contributed by atoms with E-state index in [2.05, 4.69) is 20.2 Å². The van der Waals surface area contributed by atoms with Crippen LogP contribution in [0.15, 0.2) is 34.7 Å². The number of hydrogen-bond acceptors (Lipinski definition) is 6. The van der Waals surface area contributed by atoms with E-state index in [1.54, 1.807) is 6.92 Å². The molecular formula is C12H14N4O3S2. The number of anilines is 1. The second-order valence-electron chi connectivity index (χ2n) is 4.31. The highest BCUT2D eigenvalue weighted by molar-refractivity contribution is 7.91. The molecule has 7 nitrogen and oxygen atoms in total. The number of sulfonamides is 1. The standard InChI is InChI=1S/C12H14N4O3S2/c1-8(10-6-4-3-5-7-10)16-21(18,19)12-15-14-11(20-12)13-9(2)17/h3-8,16H,1-2H3,(H,13,14,17)/t8-/m0/s1. The Kier molecular flexibility index (Phi) is 4.66. The molecule has 21 heavy (non-hydrogen) atoms. The summed E-state index contributed by atoms with van der Waals surface area (Å²) in [6.07, 6.45) is 0. The summed E-state index contributed by atoms with van der Waals surface area (Å²) in [4.78, 5) is 10.9. The van der Waals surface area contributed by atoms with Crippen LogP contribution in [0.1, 0.15) is 25.5 Å². The molecule has 1 atom stereocenters. The first-order valence-corrected chi connectivity index (χ1v) is 8.37. The third-order valence-corrected chi connectivity index (χ3v) is 5.30. The Morgan fingerprint density at radius 3 is 2.52 bits per heavy atom. The normalized spacial score (nSPS) is 12.9. The lowest BCUT2D eigenvalue weighted by atomic mass is 10.1. The van der Waals surface area contributed by atoms with E-state index in [-0.39, 0.29) is 15.4 Å². The molecule has 0 unspecified atom stereocenters. The van der Waals surface area contributed by atoms with Gasteiger partial charge in [-0.2, -0.15) is 0 Å². The van der Waals surface area contributed by atoms with Crippen LogP contribution in [-0.4, -0.2) is 24.5 Å². The molecule has 0 fully saturated rings. The van der Waals surface area contributed by atoms with Gasteiger partial charge < -0.3 is 5.32 Å². The van der Waals surface area contributed by atoms with Crippen LogP contribution >= 0.6 is 11.3 Å². The van der Waals surface area contributed by atoms with Crippen molar-refractivity contribution < 1.29 is 13.2 Å². The smallest absolute Gasteiger partial charge is 0.270 e. The van der Waals surface area contributed by atoms with Gasteiger partial charge in [-0.25, -0.2) is 13.1 Å². The molecule has 1 heterocycles. The minimum atomic E-state index is -3.78. The molecule has 112 valence electrons. The number of hydrogen-bond donors (Lipinski definition) is 2. The fourth-order valence-corrected chi connectivity index (χ4v) is 3.81. The molecule has 2 rings (SSSR count). The number of nitrogens with one attached hydrogen (secondary N) is 2. The highest BCUT2D eigenvalue weighted by Crippen LogP contribution is 2.22. The zero-order chi connectivity index (χ0) is 15.5. The lowest BCUT2D eigenvalue weighted by molar-refractivity contribution is -0.114. The first kappa shape index (κ1) is 15.5. The van der Waals surface area contributed by atoms with Gasteiger partial charge in [0.05, 0.1) is 0 Å². The van der Waals surface area contributed by atoms with Crippen molar-refractivity contribution in [3.05, 3.63) is 35.9 Å². The third kappa shape index (κ3) is 4.06. The Morgan fingerprint density at radius 2 is 1.90 bits per heavy atom. The predicted molar refractivity (Wildman–Crippen MR) is 79.4 cm³/mol. The van der Waals surface area contributed by atoms with Gasteiger partial charge in [-0.1, -0.05) is 41.7 Å². The maximum absolute atomic E-state index is 12.2. The average molecular weight is 326 g/mol. The van der Waals surface area contributed by atoms with Gasteiger partial charge in [0.25, 0.3) is 10.0 Å². The van der Waals surface area contributed by atoms with E-state index in [9.17, 15) is 13.2 Å². The second-order valence-corrected chi connectivity index (χ2v) is 7.17. The van der Waals surface area contributed by atoms with Crippen LogP contribution in [0.4, 0.5) is 5.13 Å². The van der Waals surface area contributed by atoms with Crippen molar-refractivity contribution >= 4 is 32.4 Å². The molecule has 1 aromatic heterocycles. The van der Waals surface area contributed by atoms with E-state index >= 15 is 0 Å². The zero-order valence-electron chi connectivity index (χ0n) is 11.4. The Morgan fingerprint density at radius 1 is 1.24 bits per heavy atom. The van der Waals surface area contributed by atoms with Gasteiger partial charge in [-0.05, 0) is 12.5 Å². The maximum atomic E-state index is 12.2. The summed E-state index contributed by atoms with van der Waals surface area (Å²) in [5.41, 5.74) is 0.840. The molecule has 2 N–H and O–H groups in total. The summed E-state index contributed by atoms with van der Waals surface area (Å²) in [6.45, 7) is 3.05. The molecule has 0 spiro atoms. The fourth-order valence-electron chi connectivity index (χ4n) is 1.61. The Labute approximate surface area is 126 Å². The van der Waals surface area contributed by atoms with E-state index in [0.717, 1.165) is 16.9 Å². The van der Waals surface area contributed by atoms with E-state index in [0.29, 0.717) is 0 Å². The van der Waals surface area contributed by atoms with Crippen molar-refractivity contribution in [1.29, 1.82) is 0 Å². The molecule has 0 saturated carbocycles. The highest BCUT2D eigenvalue weighted by Gasteiger charge is 2.23. The molecule has 9 heteroatoms. The largest absolute Gasteiger partial charge is 0.301 e. The Bertz CT molecular complexity index is 728. The zero-order valence-corrected chi connectivity index (χ0v) is 13.0. The van der Waals surface area contributed by atoms with E-state index in [1.807, 2.05) is 30.3 Å².